The minimum Gasteiger partial charge on any atom is -0.396 e. The Balaban J connectivity index is 2.68. The van der Waals surface area contributed by atoms with Crippen LogP contribution in [-0.4, -0.2) is 50.1 Å². The van der Waals surface area contributed by atoms with E-state index in [2.05, 4.69) is 24.1 Å². The van der Waals surface area contributed by atoms with Gasteiger partial charge in [-0.05, 0) is 30.4 Å². The van der Waals surface area contributed by atoms with Gasteiger partial charge < -0.3 is 10.4 Å². The fourth-order valence-electron chi connectivity index (χ4n) is 1.82. The molecule has 1 rings (SSSR count). The minimum absolute atomic E-state index is 0.0405. The van der Waals surface area contributed by atoms with Gasteiger partial charge in [-0.1, -0.05) is 13.8 Å². The molecule has 1 aromatic rings. The average molecular weight is 315 g/mol. The van der Waals surface area contributed by atoms with Crippen molar-refractivity contribution in [2.45, 2.75) is 31.6 Å². The van der Waals surface area contributed by atoms with Crippen molar-refractivity contribution in [2.24, 2.45) is 5.41 Å². The number of anilines is 1. The van der Waals surface area contributed by atoms with Gasteiger partial charge in [0.05, 0.1) is 0 Å². The molecule has 2 N–H and O–H groups in total. The number of pyridine rings is 1. The molecule has 0 radical (unpaired) electrons. The Hall–Kier alpha value is -1.18. The smallest absolute Gasteiger partial charge is 0.244 e. The van der Waals surface area contributed by atoms with Crippen LogP contribution in [0, 0.1) is 5.41 Å². The molecule has 0 bridgehead atoms. The summed E-state index contributed by atoms with van der Waals surface area (Å²) in [4.78, 5) is 4.32. The largest absolute Gasteiger partial charge is 0.396 e. The van der Waals surface area contributed by atoms with Gasteiger partial charge in [-0.25, -0.2) is 17.7 Å². The van der Waals surface area contributed by atoms with Gasteiger partial charge in [0.1, 0.15) is 10.7 Å². The van der Waals surface area contributed by atoms with Gasteiger partial charge in [0.25, 0.3) is 0 Å². The number of hydrogen-bond acceptors (Lipinski definition) is 5. The lowest BCUT2D eigenvalue weighted by Gasteiger charge is -2.25. The zero-order valence-corrected chi connectivity index (χ0v) is 13.9. The Morgan fingerprint density at radius 2 is 2.00 bits per heavy atom. The number of nitrogens with one attached hydrogen (secondary N) is 1. The van der Waals surface area contributed by atoms with Crippen molar-refractivity contribution in [3.8, 4) is 0 Å². The number of sulfonamides is 1. The quantitative estimate of drug-likeness (QED) is 0.760. The first-order valence-corrected chi connectivity index (χ1v) is 8.36. The molecule has 0 amide bonds. The van der Waals surface area contributed by atoms with Crippen molar-refractivity contribution in [1.29, 1.82) is 0 Å². The van der Waals surface area contributed by atoms with Gasteiger partial charge in [0, 0.05) is 33.4 Å². The molecular formula is C14H25N3O3S. The second-order valence-corrected chi connectivity index (χ2v) is 8.16. The summed E-state index contributed by atoms with van der Waals surface area (Å²) in [6, 6.07) is 3.21. The van der Waals surface area contributed by atoms with Crippen LogP contribution in [-0.2, 0) is 10.0 Å². The summed E-state index contributed by atoms with van der Waals surface area (Å²) in [7, 11) is -0.451. The van der Waals surface area contributed by atoms with Crippen molar-refractivity contribution in [3.63, 3.8) is 0 Å². The lowest BCUT2D eigenvalue weighted by molar-refractivity contribution is 0.248. The van der Waals surface area contributed by atoms with Crippen molar-refractivity contribution in [3.05, 3.63) is 18.3 Å². The van der Waals surface area contributed by atoms with Gasteiger partial charge >= 0.3 is 0 Å². The van der Waals surface area contributed by atoms with Crippen LogP contribution in [0.15, 0.2) is 23.2 Å². The Kier molecular flexibility index (Phi) is 6.12. The second kappa shape index (κ2) is 7.20. The monoisotopic (exact) mass is 315 g/mol. The number of rotatable bonds is 8. The molecule has 0 aromatic carbocycles. The molecule has 0 fully saturated rings. The Labute approximate surface area is 127 Å². The van der Waals surface area contributed by atoms with Crippen LogP contribution in [0.5, 0.6) is 0 Å². The van der Waals surface area contributed by atoms with Crippen LogP contribution >= 0.6 is 0 Å². The first-order valence-electron chi connectivity index (χ1n) is 6.92. The summed E-state index contributed by atoms with van der Waals surface area (Å²) in [5.41, 5.74) is 0.0405. The molecule has 7 heteroatoms. The molecule has 1 aromatic heterocycles. The first kappa shape index (κ1) is 17.9. The molecular weight excluding hydrogens is 290 g/mol. The molecule has 120 valence electrons. The summed E-state index contributed by atoms with van der Waals surface area (Å²) < 4.78 is 25.0. The van der Waals surface area contributed by atoms with Gasteiger partial charge in [0.2, 0.25) is 10.0 Å². The van der Waals surface area contributed by atoms with E-state index in [4.69, 9.17) is 5.11 Å². The van der Waals surface area contributed by atoms with Crippen LogP contribution in [0.1, 0.15) is 26.7 Å². The fraction of sp³-hybridized carbons (Fsp3) is 0.643. The maximum absolute atomic E-state index is 11.9. The van der Waals surface area contributed by atoms with Crippen LogP contribution in [0.2, 0.25) is 0 Å². The molecule has 0 saturated carbocycles. The SMILES string of the molecule is CN(C)S(=O)(=O)c1ccc(NCC(C)(C)CCCO)nc1. The van der Waals surface area contributed by atoms with Crippen molar-refractivity contribution >= 4 is 15.8 Å². The van der Waals surface area contributed by atoms with Gasteiger partial charge in [-0.15, -0.1) is 0 Å². The van der Waals surface area contributed by atoms with E-state index >= 15 is 0 Å². The molecule has 0 aliphatic heterocycles. The van der Waals surface area contributed by atoms with Gasteiger partial charge in [-0.3, -0.25) is 0 Å². The second-order valence-electron chi connectivity index (χ2n) is 6.01. The highest BCUT2D eigenvalue weighted by atomic mass is 32.2. The van der Waals surface area contributed by atoms with Gasteiger partial charge in [-0.2, -0.15) is 0 Å². The third kappa shape index (κ3) is 5.26. The minimum atomic E-state index is -3.43. The predicted octanol–water partition coefficient (Wildman–Crippen LogP) is 1.54. The zero-order valence-electron chi connectivity index (χ0n) is 13.1. The fourth-order valence-corrected chi connectivity index (χ4v) is 2.67. The van der Waals surface area contributed by atoms with E-state index in [1.165, 1.54) is 20.3 Å². The van der Waals surface area contributed by atoms with E-state index in [0.29, 0.717) is 12.4 Å². The number of aliphatic hydroxyl groups excluding tert-OH is 1. The number of aliphatic hydroxyl groups is 1. The Morgan fingerprint density at radius 1 is 1.33 bits per heavy atom. The standard InChI is InChI=1S/C14H25N3O3S/c1-14(2,8-5-9-18)11-16-13-7-6-12(10-15-13)21(19,20)17(3)4/h6-7,10,18H,5,8-9,11H2,1-4H3,(H,15,16). The molecule has 0 saturated heterocycles. The summed E-state index contributed by atoms with van der Waals surface area (Å²) in [5, 5.41) is 12.1. The van der Waals surface area contributed by atoms with Crippen molar-refractivity contribution in [1.82, 2.24) is 9.29 Å². The molecule has 0 atom stereocenters. The number of aromatic nitrogens is 1. The van der Waals surface area contributed by atoms with E-state index in [-0.39, 0.29) is 16.9 Å². The van der Waals surface area contributed by atoms with E-state index < -0.39 is 10.0 Å². The highest BCUT2D eigenvalue weighted by molar-refractivity contribution is 7.89. The molecule has 1 heterocycles. The number of nitrogens with zero attached hydrogens (tertiary/aromatic N) is 2. The van der Waals surface area contributed by atoms with E-state index in [1.807, 2.05) is 0 Å². The van der Waals surface area contributed by atoms with Crippen LogP contribution in [0.4, 0.5) is 5.82 Å². The van der Waals surface area contributed by atoms with Crippen molar-refractivity contribution < 1.29 is 13.5 Å². The zero-order chi connectivity index (χ0) is 16.1. The molecule has 0 unspecified atom stereocenters. The molecule has 0 aliphatic carbocycles. The van der Waals surface area contributed by atoms with Crippen molar-refractivity contribution in [2.75, 3.05) is 32.6 Å². The summed E-state index contributed by atoms with van der Waals surface area (Å²) in [5.74, 6) is 0.643. The van der Waals surface area contributed by atoms with E-state index in [9.17, 15) is 8.42 Å². The normalized spacial score (nSPS) is 12.7. The molecule has 0 aliphatic rings. The van der Waals surface area contributed by atoms with Crippen LogP contribution in [0.3, 0.4) is 0 Å². The third-order valence-electron chi connectivity index (χ3n) is 3.27. The lowest BCUT2D eigenvalue weighted by atomic mass is 9.88. The molecule has 0 spiro atoms. The summed E-state index contributed by atoms with van der Waals surface area (Å²) >= 11 is 0. The van der Waals surface area contributed by atoms with Crippen LogP contribution < -0.4 is 5.32 Å². The highest BCUT2D eigenvalue weighted by Crippen LogP contribution is 2.22. The highest BCUT2D eigenvalue weighted by Gasteiger charge is 2.19. The van der Waals surface area contributed by atoms with E-state index in [0.717, 1.165) is 17.1 Å². The number of hydrogen-bond donors (Lipinski definition) is 2. The lowest BCUT2D eigenvalue weighted by Crippen LogP contribution is -2.24. The van der Waals surface area contributed by atoms with Crippen LogP contribution in [0.25, 0.3) is 0 Å². The third-order valence-corrected chi connectivity index (χ3v) is 5.07. The van der Waals surface area contributed by atoms with E-state index in [1.54, 1.807) is 12.1 Å². The maximum Gasteiger partial charge on any atom is 0.244 e. The Morgan fingerprint density at radius 3 is 2.48 bits per heavy atom. The molecule has 21 heavy (non-hydrogen) atoms. The summed E-state index contributed by atoms with van der Waals surface area (Å²) in [6.07, 6.45) is 3.03. The first-order chi connectivity index (χ1) is 9.69. The average Bonchev–Trinajstić information content (AvgIpc) is 2.43. The molecule has 6 nitrogen and oxygen atoms in total. The van der Waals surface area contributed by atoms with Gasteiger partial charge in [0.15, 0.2) is 0 Å². The maximum atomic E-state index is 11.9. The Bertz CT molecular complexity index is 539. The topological polar surface area (TPSA) is 82.5 Å². The summed E-state index contributed by atoms with van der Waals surface area (Å²) in [6.45, 7) is 5.12. The predicted molar refractivity (Wildman–Crippen MR) is 83.7 cm³/mol.